The van der Waals surface area contributed by atoms with Crippen molar-refractivity contribution in [1.29, 1.82) is 0 Å². The van der Waals surface area contributed by atoms with Crippen molar-refractivity contribution in [3.63, 3.8) is 0 Å². The summed E-state index contributed by atoms with van der Waals surface area (Å²) in [5, 5.41) is 5.14. The number of aryl methyl sites for hydroxylation is 1. The van der Waals surface area contributed by atoms with Crippen molar-refractivity contribution in [1.82, 2.24) is 14.6 Å². The lowest BCUT2D eigenvalue weighted by Gasteiger charge is -2.27. The monoisotopic (exact) mass is 690 g/mol. The van der Waals surface area contributed by atoms with Gasteiger partial charge in [-0.05, 0) is 95.7 Å². The molecule has 1 saturated heterocycles. The zero-order chi connectivity index (χ0) is 32.8. The fraction of sp³-hybridized carbons (Fsp3) is 0.371. The van der Waals surface area contributed by atoms with Crippen LogP contribution in [0.15, 0.2) is 62.9 Å². The van der Waals surface area contributed by atoms with E-state index >= 15 is 0 Å². The van der Waals surface area contributed by atoms with Crippen LogP contribution >= 0.6 is 15.9 Å². The van der Waals surface area contributed by atoms with E-state index in [0.717, 1.165) is 22.4 Å². The van der Waals surface area contributed by atoms with Crippen molar-refractivity contribution < 1.29 is 23.7 Å². The van der Waals surface area contributed by atoms with Crippen molar-refractivity contribution in [2.45, 2.75) is 40.5 Å². The summed E-state index contributed by atoms with van der Waals surface area (Å²) in [4.78, 5) is 33.3. The first kappa shape index (κ1) is 33.2. The van der Waals surface area contributed by atoms with Crippen LogP contribution < -0.4 is 19.8 Å². The molecule has 0 N–H and O–H groups in total. The predicted octanol–water partition coefficient (Wildman–Crippen LogP) is 6.18. The highest BCUT2D eigenvalue weighted by Gasteiger charge is 2.21. The number of rotatable bonds is 11. The summed E-state index contributed by atoms with van der Waals surface area (Å²) in [6.45, 7) is 12.9. The molecule has 242 valence electrons. The van der Waals surface area contributed by atoms with Gasteiger partial charge in [0, 0.05) is 18.7 Å². The average Bonchev–Trinajstić information content (AvgIpc) is 3.04. The number of amides is 1. The summed E-state index contributed by atoms with van der Waals surface area (Å²) < 4.78 is 25.0. The number of carbonyl (C=O) groups excluding carboxylic acids is 1. The first-order chi connectivity index (χ1) is 22.2. The van der Waals surface area contributed by atoms with Gasteiger partial charge >= 0.3 is 0 Å². The Kier molecular flexibility index (Phi) is 10.7. The van der Waals surface area contributed by atoms with Crippen LogP contribution in [0.25, 0.3) is 22.3 Å². The van der Waals surface area contributed by atoms with Crippen molar-refractivity contribution in [2.24, 2.45) is 5.10 Å². The predicted molar refractivity (Wildman–Crippen MR) is 183 cm³/mol. The third kappa shape index (κ3) is 7.26. The molecule has 10 nitrogen and oxygen atoms in total. The van der Waals surface area contributed by atoms with E-state index in [0.29, 0.717) is 77.8 Å². The van der Waals surface area contributed by atoms with Gasteiger partial charge in [-0.1, -0.05) is 26.0 Å². The van der Waals surface area contributed by atoms with Crippen LogP contribution in [0.3, 0.4) is 0 Å². The average molecular weight is 692 g/mol. The Morgan fingerprint density at radius 3 is 2.48 bits per heavy atom. The molecule has 0 atom stereocenters. The minimum Gasteiger partial charge on any atom is -0.494 e. The SMILES string of the molecule is CCOc1cc(C)c(-c2nc3ccccc3c(=O)n2N=Cc2cc(Br)c(OCC(=O)N3CCOCC3)c(OCC)c2)cc1C(C)C. The van der Waals surface area contributed by atoms with Gasteiger partial charge in [-0.3, -0.25) is 9.59 Å². The molecule has 2 heterocycles. The molecule has 0 bridgehead atoms. The van der Waals surface area contributed by atoms with Gasteiger partial charge in [0.1, 0.15) is 5.75 Å². The third-order valence-corrected chi connectivity index (χ3v) is 8.22. The number of benzene rings is 3. The van der Waals surface area contributed by atoms with Gasteiger partial charge in [-0.15, -0.1) is 0 Å². The van der Waals surface area contributed by atoms with Crippen molar-refractivity contribution >= 4 is 39.0 Å². The number of ether oxygens (including phenoxy) is 4. The van der Waals surface area contributed by atoms with E-state index in [1.165, 1.54) is 4.68 Å². The Balaban J connectivity index is 1.55. The van der Waals surface area contributed by atoms with E-state index in [9.17, 15) is 9.59 Å². The minimum atomic E-state index is -0.290. The summed E-state index contributed by atoms with van der Waals surface area (Å²) in [6, 6.07) is 14.9. The van der Waals surface area contributed by atoms with Crippen LogP contribution in [-0.2, 0) is 9.53 Å². The number of para-hydroxylation sites is 1. The maximum atomic E-state index is 13.9. The van der Waals surface area contributed by atoms with E-state index < -0.39 is 0 Å². The summed E-state index contributed by atoms with van der Waals surface area (Å²) in [5.74, 6) is 2.17. The van der Waals surface area contributed by atoms with Gasteiger partial charge in [0.05, 0.1) is 48.0 Å². The standard InChI is InChI=1S/C35H39BrN4O6/c1-6-44-30-16-23(5)27(19-26(30)22(3)4)34-38-29-11-9-8-10-25(29)35(42)40(34)37-20-24-17-28(36)33(31(18-24)45-7-2)46-21-32(41)39-12-14-43-15-13-39/h8-11,16-20,22H,6-7,12-15,21H2,1-5H3. The van der Waals surface area contributed by atoms with Gasteiger partial charge in [-0.25, -0.2) is 4.98 Å². The van der Waals surface area contributed by atoms with Crippen molar-refractivity contribution in [3.8, 4) is 28.6 Å². The lowest BCUT2D eigenvalue weighted by Crippen LogP contribution is -2.43. The van der Waals surface area contributed by atoms with Crippen molar-refractivity contribution in [3.05, 3.63) is 80.0 Å². The molecule has 0 unspecified atom stereocenters. The highest BCUT2D eigenvalue weighted by molar-refractivity contribution is 9.10. The minimum absolute atomic E-state index is 0.121. The molecule has 1 aliphatic rings. The Bertz CT molecular complexity index is 1810. The second-order valence-electron chi connectivity index (χ2n) is 11.2. The molecule has 1 fully saturated rings. The van der Waals surface area contributed by atoms with Gasteiger partial charge in [0.25, 0.3) is 11.5 Å². The van der Waals surface area contributed by atoms with Crippen LogP contribution in [0.2, 0.25) is 0 Å². The van der Waals surface area contributed by atoms with Gasteiger partial charge < -0.3 is 23.8 Å². The molecule has 1 aliphatic heterocycles. The van der Waals surface area contributed by atoms with Crippen LogP contribution in [-0.4, -0.2) is 72.8 Å². The molecule has 11 heteroatoms. The van der Waals surface area contributed by atoms with Crippen LogP contribution in [0.4, 0.5) is 0 Å². The molecule has 0 spiro atoms. The summed E-state index contributed by atoms with van der Waals surface area (Å²) in [5.41, 5.74) is 3.67. The Morgan fingerprint density at radius 1 is 1.04 bits per heavy atom. The van der Waals surface area contributed by atoms with Gasteiger partial charge in [-0.2, -0.15) is 9.78 Å². The summed E-state index contributed by atoms with van der Waals surface area (Å²) in [6.07, 6.45) is 1.59. The zero-order valence-electron chi connectivity index (χ0n) is 26.8. The lowest BCUT2D eigenvalue weighted by molar-refractivity contribution is -0.137. The smallest absolute Gasteiger partial charge is 0.282 e. The Morgan fingerprint density at radius 2 is 1.76 bits per heavy atom. The molecule has 3 aromatic carbocycles. The molecule has 1 amide bonds. The van der Waals surface area contributed by atoms with E-state index in [1.54, 1.807) is 29.3 Å². The number of nitrogens with zero attached hydrogens (tertiary/aromatic N) is 4. The zero-order valence-corrected chi connectivity index (χ0v) is 28.4. The number of morpholine rings is 1. The van der Waals surface area contributed by atoms with Crippen molar-refractivity contribution in [2.75, 3.05) is 46.1 Å². The maximum Gasteiger partial charge on any atom is 0.282 e. The molecule has 46 heavy (non-hydrogen) atoms. The number of halogens is 1. The van der Waals surface area contributed by atoms with E-state index in [-0.39, 0.29) is 24.0 Å². The molecule has 5 rings (SSSR count). The number of fused-ring (bicyclic) bond motifs is 1. The van der Waals surface area contributed by atoms with Crippen LogP contribution in [0.5, 0.6) is 17.2 Å². The topological polar surface area (TPSA) is 104 Å². The summed E-state index contributed by atoms with van der Waals surface area (Å²) >= 11 is 3.58. The van der Waals surface area contributed by atoms with Gasteiger partial charge in [0.15, 0.2) is 23.9 Å². The molecular formula is C35H39BrN4O6. The van der Waals surface area contributed by atoms with Crippen LogP contribution in [0, 0.1) is 6.92 Å². The largest absolute Gasteiger partial charge is 0.494 e. The Hall–Kier alpha value is -4.22. The number of carbonyl (C=O) groups is 1. The maximum absolute atomic E-state index is 13.9. The number of hydrogen-bond donors (Lipinski definition) is 0. The van der Waals surface area contributed by atoms with E-state index in [2.05, 4.69) is 34.9 Å². The van der Waals surface area contributed by atoms with Crippen LogP contribution in [0.1, 0.15) is 50.3 Å². The fourth-order valence-electron chi connectivity index (χ4n) is 5.30. The second kappa shape index (κ2) is 14.9. The van der Waals surface area contributed by atoms with E-state index in [4.69, 9.17) is 23.9 Å². The molecule has 4 aromatic rings. The number of hydrogen-bond acceptors (Lipinski definition) is 8. The van der Waals surface area contributed by atoms with E-state index in [1.807, 2.05) is 51.1 Å². The molecular weight excluding hydrogens is 652 g/mol. The third-order valence-electron chi connectivity index (χ3n) is 7.63. The number of aromatic nitrogens is 2. The first-order valence-corrected chi connectivity index (χ1v) is 16.3. The molecule has 0 radical (unpaired) electrons. The molecule has 1 aromatic heterocycles. The normalized spacial score (nSPS) is 13.5. The Labute approximate surface area is 277 Å². The summed E-state index contributed by atoms with van der Waals surface area (Å²) in [7, 11) is 0. The second-order valence-corrected chi connectivity index (χ2v) is 12.0. The van der Waals surface area contributed by atoms with Gasteiger partial charge in [0.2, 0.25) is 0 Å². The highest BCUT2D eigenvalue weighted by Crippen LogP contribution is 2.37. The highest BCUT2D eigenvalue weighted by atomic mass is 79.9. The quantitative estimate of drug-likeness (QED) is 0.173. The molecule has 0 saturated carbocycles. The lowest BCUT2D eigenvalue weighted by atomic mass is 9.96. The molecule has 0 aliphatic carbocycles. The fourth-order valence-corrected chi connectivity index (χ4v) is 5.88. The first-order valence-electron chi connectivity index (χ1n) is 15.5.